The van der Waals surface area contributed by atoms with Gasteiger partial charge >= 0.3 is 0 Å². The molecule has 1 saturated heterocycles. The summed E-state index contributed by atoms with van der Waals surface area (Å²) in [5.74, 6) is 1.24. The van der Waals surface area contributed by atoms with Crippen molar-refractivity contribution in [2.45, 2.75) is 13.8 Å². The number of Topliss-reactive ketones (excluding diaryl/α,β-unsaturated/α-hetero) is 1. The third-order valence-corrected chi connectivity index (χ3v) is 5.45. The van der Waals surface area contributed by atoms with Gasteiger partial charge in [0.1, 0.15) is 11.5 Å². The molecule has 0 atom stereocenters. The highest BCUT2D eigenvalue weighted by Gasteiger charge is 2.24. The lowest BCUT2D eigenvalue weighted by molar-refractivity contribution is 0.0623. The molecule has 1 fully saturated rings. The lowest BCUT2D eigenvalue weighted by atomic mass is 10.0. The second-order valence-corrected chi connectivity index (χ2v) is 7.39. The van der Waals surface area contributed by atoms with Crippen molar-refractivity contribution in [3.63, 3.8) is 0 Å². The molecule has 2 aromatic rings. The number of nitrogens with zero attached hydrogens (tertiary/aromatic N) is 2. The molecule has 1 amide bonds. The van der Waals surface area contributed by atoms with Gasteiger partial charge in [0.05, 0.1) is 20.8 Å². The first-order chi connectivity index (χ1) is 13.9. The Morgan fingerprint density at radius 2 is 1.45 bits per heavy atom. The number of carbonyl (C=O) groups is 2. The molecule has 0 saturated carbocycles. The van der Waals surface area contributed by atoms with Crippen molar-refractivity contribution in [1.82, 2.24) is 9.80 Å². The topological polar surface area (TPSA) is 59.1 Å². The van der Waals surface area contributed by atoms with E-state index < -0.39 is 0 Å². The predicted octanol–water partition coefficient (Wildman–Crippen LogP) is 2.96. The largest absolute Gasteiger partial charge is 0.497 e. The van der Waals surface area contributed by atoms with Crippen LogP contribution in [0.25, 0.3) is 0 Å². The molecule has 6 heteroatoms. The summed E-state index contributed by atoms with van der Waals surface area (Å²) < 4.78 is 10.5. The Hall–Kier alpha value is -2.86. The zero-order chi connectivity index (χ0) is 21.0. The van der Waals surface area contributed by atoms with E-state index in [-0.39, 0.29) is 11.7 Å². The van der Waals surface area contributed by atoms with Gasteiger partial charge in [-0.3, -0.25) is 14.5 Å². The Kier molecular flexibility index (Phi) is 6.54. The van der Waals surface area contributed by atoms with E-state index in [0.29, 0.717) is 49.8 Å². The number of carbonyl (C=O) groups excluding carboxylic acids is 2. The number of methoxy groups -OCH3 is 2. The maximum atomic E-state index is 12.9. The zero-order valence-electron chi connectivity index (χ0n) is 17.5. The van der Waals surface area contributed by atoms with Gasteiger partial charge in [0.2, 0.25) is 0 Å². The summed E-state index contributed by atoms with van der Waals surface area (Å²) in [4.78, 5) is 29.4. The second kappa shape index (κ2) is 9.09. The molecule has 0 spiro atoms. The average Bonchev–Trinajstić information content (AvgIpc) is 2.75. The molecule has 0 bridgehead atoms. The average molecular weight is 396 g/mol. The molecule has 0 radical (unpaired) electrons. The molecule has 1 aliphatic heterocycles. The summed E-state index contributed by atoms with van der Waals surface area (Å²) in [7, 11) is 3.13. The van der Waals surface area contributed by atoms with Crippen molar-refractivity contribution in [3.05, 3.63) is 58.7 Å². The van der Waals surface area contributed by atoms with Gasteiger partial charge in [-0.15, -0.1) is 0 Å². The molecule has 3 rings (SSSR count). The molecule has 6 nitrogen and oxygen atoms in total. The van der Waals surface area contributed by atoms with Crippen LogP contribution in [-0.4, -0.2) is 68.4 Å². The molecule has 0 N–H and O–H groups in total. The van der Waals surface area contributed by atoms with Crippen LogP contribution in [0.15, 0.2) is 36.4 Å². The highest BCUT2D eigenvalue weighted by atomic mass is 16.5. The maximum absolute atomic E-state index is 12.9. The van der Waals surface area contributed by atoms with E-state index in [9.17, 15) is 9.59 Å². The molecule has 1 heterocycles. The molecular weight excluding hydrogens is 368 g/mol. The van der Waals surface area contributed by atoms with E-state index in [0.717, 1.165) is 11.1 Å². The fourth-order valence-electron chi connectivity index (χ4n) is 3.43. The van der Waals surface area contributed by atoms with Crippen LogP contribution in [0.1, 0.15) is 31.8 Å². The summed E-state index contributed by atoms with van der Waals surface area (Å²) in [5, 5.41) is 0. The number of ketones is 1. The maximum Gasteiger partial charge on any atom is 0.254 e. The zero-order valence-corrected chi connectivity index (χ0v) is 17.5. The van der Waals surface area contributed by atoms with Crippen molar-refractivity contribution < 1.29 is 19.1 Å². The molecular formula is C23H28N2O4. The lowest BCUT2D eigenvalue weighted by Gasteiger charge is -2.34. The summed E-state index contributed by atoms with van der Waals surface area (Å²) in [6, 6.07) is 11.0. The monoisotopic (exact) mass is 396 g/mol. The van der Waals surface area contributed by atoms with E-state index in [1.54, 1.807) is 32.4 Å². The molecule has 29 heavy (non-hydrogen) atoms. The first-order valence-electron chi connectivity index (χ1n) is 9.76. The van der Waals surface area contributed by atoms with Crippen LogP contribution >= 0.6 is 0 Å². The van der Waals surface area contributed by atoms with E-state index in [4.69, 9.17) is 9.47 Å². The molecule has 2 aromatic carbocycles. The van der Waals surface area contributed by atoms with Crippen molar-refractivity contribution in [2.75, 3.05) is 46.9 Å². The first-order valence-corrected chi connectivity index (χ1v) is 9.76. The quantitative estimate of drug-likeness (QED) is 0.703. The predicted molar refractivity (Wildman–Crippen MR) is 112 cm³/mol. The smallest absolute Gasteiger partial charge is 0.254 e. The Bertz CT molecular complexity index is 879. The third kappa shape index (κ3) is 4.95. The first kappa shape index (κ1) is 20.9. The van der Waals surface area contributed by atoms with E-state index in [1.165, 1.54) is 5.56 Å². The Labute approximate surface area is 172 Å². The summed E-state index contributed by atoms with van der Waals surface area (Å²) in [5.41, 5.74) is 3.60. The molecule has 1 aliphatic rings. The number of piperazine rings is 1. The number of ether oxygens (including phenoxy) is 2. The van der Waals surface area contributed by atoms with Crippen molar-refractivity contribution >= 4 is 11.7 Å². The van der Waals surface area contributed by atoms with Crippen LogP contribution < -0.4 is 9.47 Å². The highest BCUT2D eigenvalue weighted by molar-refractivity contribution is 5.98. The van der Waals surface area contributed by atoms with Gasteiger partial charge in [-0.1, -0.05) is 12.1 Å². The van der Waals surface area contributed by atoms with E-state index in [1.807, 2.05) is 36.9 Å². The number of amides is 1. The standard InChI is InChI=1S/C23H28N2O4/c1-16-5-6-18(11-17(16)2)22(26)15-24-7-9-25(10-8-24)23(27)19-12-20(28-3)14-21(13-19)29-4/h5-6,11-14H,7-10,15H2,1-4H3. The molecule has 0 aromatic heterocycles. The summed E-state index contributed by atoms with van der Waals surface area (Å²) in [6.45, 7) is 6.93. The number of benzene rings is 2. The second-order valence-electron chi connectivity index (χ2n) is 7.39. The van der Waals surface area contributed by atoms with Gasteiger partial charge in [-0.05, 0) is 43.2 Å². The van der Waals surface area contributed by atoms with Gasteiger partial charge in [0.15, 0.2) is 5.78 Å². The van der Waals surface area contributed by atoms with Crippen molar-refractivity contribution in [1.29, 1.82) is 0 Å². The van der Waals surface area contributed by atoms with Gasteiger partial charge < -0.3 is 14.4 Å². The fourth-order valence-corrected chi connectivity index (χ4v) is 3.43. The van der Waals surface area contributed by atoms with Crippen LogP contribution in [0.4, 0.5) is 0 Å². The van der Waals surface area contributed by atoms with Crippen molar-refractivity contribution in [3.8, 4) is 11.5 Å². The molecule has 0 aliphatic carbocycles. The minimum absolute atomic E-state index is 0.0534. The number of hydrogen-bond donors (Lipinski definition) is 0. The van der Waals surface area contributed by atoms with E-state index >= 15 is 0 Å². The summed E-state index contributed by atoms with van der Waals surface area (Å²) >= 11 is 0. The van der Waals surface area contributed by atoms with Crippen LogP contribution in [0, 0.1) is 13.8 Å². The Morgan fingerprint density at radius 3 is 2.00 bits per heavy atom. The number of rotatable bonds is 6. The fraction of sp³-hybridized carbons (Fsp3) is 0.391. The van der Waals surface area contributed by atoms with Gasteiger partial charge in [0.25, 0.3) is 5.91 Å². The minimum Gasteiger partial charge on any atom is -0.497 e. The molecule has 154 valence electrons. The minimum atomic E-state index is -0.0534. The Balaban J connectivity index is 1.59. The van der Waals surface area contributed by atoms with Gasteiger partial charge in [0, 0.05) is 43.4 Å². The van der Waals surface area contributed by atoms with E-state index in [2.05, 4.69) is 4.90 Å². The third-order valence-electron chi connectivity index (χ3n) is 5.45. The number of aryl methyl sites for hydroxylation is 2. The SMILES string of the molecule is COc1cc(OC)cc(C(=O)N2CCN(CC(=O)c3ccc(C)c(C)c3)CC2)c1. The van der Waals surface area contributed by atoms with Gasteiger partial charge in [-0.25, -0.2) is 0 Å². The Morgan fingerprint density at radius 1 is 0.828 bits per heavy atom. The molecule has 0 unspecified atom stereocenters. The van der Waals surface area contributed by atoms with Crippen molar-refractivity contribution in [2.24, 2.45) is 0 Å². The van der Waals surface area contributed by atoms with Crippen LogP contribution in [0.2, 0.25) is 0 Å². The van der Waals surface area contributed by atoms with Crippen LogP contribution in [-0.2, 0) is 0 Å². The summed E-state index contributed by atoms with van der Waals surface area (Å²) in [6.07, 6.45) is 0. The highest BCUT2D eigenvalue weighted by Crippen LogP contribution is 2.24. The van der Waals surface area contributed by atoms with Crippen LogP contribution in [0.3, 0.4) is 0 Å². The van der Waals surface area contributed by atoms with Crippen LogP contribution in [0.5, 0.6) is 11.5 Å². The van der Waals surface area contributed by atoms with Gasteiger partial charge in [-0.2, -0.15) is 0 Å². The normalized spacial score (nSPS) is 14.6. The number of hydrogen-bond acceptors (Lipinski definition) is 5. The lowest BCUT2D eigenvalue weighted by Crippen LogP contribution is -2.49.